The van der Waals surface area contributed by atoms with E-state index in [4.69, 9.17) is 0 Å². The summed E-state index contributed by atoms with van der Waals surface area (Å²) in [6.45, 7) is 5.86. The first kappa shape index (κ1) is 8.69. The molecule has 1 rings (SSSR count). The molecule has 0 heterocycles. The summed E-state index contributed by atoms with van der Waals surface area (Å²) in [7, 11) is 0. The molecule has 0 aliphatic heterocycles. The molecule has 0 spiro atoms. The summed E-state index contributed by atoms with van der Waals surface area (Å²) in [5.41, 5.74) is -1.49. The predicted octanol–water partition coefficient (Wildman–Crippen LogP) is 2.49. The van der Waals surface area contributed by atoms with E-state index in [1.54, 1.807) is 0 Å². The smallest absolute Gasteiger partial charge is 0.170 e. The van der Waals surface area contributed by atoms with Crippen LogP contribution in [0.25, 0.3) is 0 Å². The fourth-order valence-corrected chi connectivity index (χ4v) is 1.03. The number of rotatable bonds is 2. The van der Waals surface area contributed by atoms with Gasteiger partial charge in [-0.25, -0.2) is 4.39 Å². The van der Waals surface area contributed by atoms with Crippen molar-refractivity contribution in [3.05, 3.63) is 0 Å². The molecule has 2 heteroatoms. The average molecular weight is 158 g/mol. The molecule has 0 bridgehead atoms. The first-order valence-electron chi connectivity index (χ1n) is 4.06. The van der Waals surface area contributed by atoms with Gasteiger partial charge in [-0.2, -0.15) is 0 Å². The largest absolute Gasteiger partial charge is 0.296 e. The Balaban J connectivity index is 2.45. The van der Waals surface area contributed by atoms with Gasteiger partial charge in [0, 0.05) is 6.42 Å². The number of hydrogen-bond acceptors (Lipinski definition) is 1. The van der Waals surface area contributed by atoms with Crippen LogP contribution >= 0.6 is 0 Å². The molecule has 0 unspecified atom stereocenters. The van der Waals surface area contributed by atoms with E-state index in [0.717, 1.165) is 0 Å². The number of alkyl halides is 1. The highest BCUT2D eigenvalue weighted by molar-refractivity contribution is 5.90. The van der Waals surface area contributed by atoms with Gasteiger partial charge in [0.05, 0.1) is 0 Å². The minimum Gasteiger partial charge on any atom is -0.296 e. The molecule has 0 saturated heterocycles. The SMILES string of the molecule is CC(C)(C)CC(=O)C1(F)CC1. The second-order valence-electron chi connectivity index (χ2n) is 4.63. The number of carbonyl (C=O) groups is 1. The molecule has 1 aliphatic carbocycles. The van der Waals surface area contributed by atoms with E-state index in [0.29, 0.717) is 19.3 Å². The second kappa shape index (κ2) is 2.29. The zero-order valence-electron chi connectivity index (χ0n) is 7.41. The van der Waals surface area contributed by atoms with Crippen molar-refractivity contribution in [1.29, 1.82) is 0 Å². The maximum absolute atomic E-state index is 13.1. The molecule has 11 heavy (non-hydrogen) atoms. The van der Waals surface area contributed by atoms with Crippen LogP contribution in [-0.2, 0) is 4.79 Å². The maximum Gasteiger partial charge on any atom is 0.170 e. The summed E-state index contributed by atoms with van der Waals surface area (Å²) in [5.74, 6) is -0.204. The monoisotopic (exact) mass is 158 g/mol. The molecule has 0 aromatic rings. The minimum absolute atomic E-state index is 0.0707. The first-order chi connectivity index (χ1) is 4.83. The highest BCUT2D eigenvalue weighted by atomic mass is 19.1. The van der Waals surface area contributed by atoms with Crippen LogP contribution in [0.2, 0.25) is 0 Å². The fraction of sp³-hybridized carbons (Fsp3) is 0.889. The van der Waals surface area contributed by atoms with Crippen molar-refractivity contribution >= 4 is 5.78 Å². The summed E-state index contributed by atoms with van der Waals surface area (Å²) in [5, 5.41) is 0. The predicted molar refractivity (Wildman–Crippen MR) is 42.2 cm³/mol. The van der Waals surface area contributed by atoms with Gasteiger partial charge in [-0.05, 0) is 18.3 Å². The van der Waals surface area contributed by atoms with E-state index in [1.165, 1.54) is 0 Å². The average Bonchev–Trinajstić information content (AvgIpc) is 2.44. The quantitative estimate of drug-likeness (QED) is 0.603. The van der Waals surface area contributed by atoms with E-state index in [9.17, 15) is 9.18 Å². The van der Waals surface area contributed by atoms with Crippen LogP contribution in [0.3, 0.4) is 0 Å². The lowest BCUT2D eigenvalue weighted by atomic mass is 9.88. The van der Waals surface area contributed by atoms with Gasteiger partial charge in [0.15, 0.2) is 11.5 Å². The lowest BCUT2D eigenvalue weighted by molar-refractivity contribution is -0.127. The van der Waals surface area contributed by atoms with E-state index in [-0.39, 0.29) is 11.2 Å². The van der Waals surface area contributed by atoms with Gasteiger partial charge in [0.1, 0.15) is 0 Å². The molecule has 1 saturated carbocycles. The fourth-order valence-electron chi connectivity index (χ4n) is 1.03. The summed E-state index contributed by atoms with van der Waals surface area (Å²) in [4.78, 5) is 11.2. The van der Waals surface area contributed by atoms with Crippen molar-refractivity contribution < 1.29 is 9.18 Å². The molecule has 0 atom stereocenters. The number of hydrogen-bond donors (Lipinski definition) is 0. The van der Waals surface area contributed by atoms with Gasteiger partial charge >= 0.3 is 0 Å². The summed E-state index contributed by atoms with van der Waals surface area (Å²) >= 11 is 0. The third-order valence-electron chi connectivity index (χ3n) is 1.88. The zero-order valence-corrected chi connectivity index (χ0v) is 7.41. The molecule has 1 aliphatic rings. The minimum atomic E-state index is -1.42. The van der Waals surface area contributed by atoms with Crippen molar-refractivity contribution in [2.24, 2.45) is 5.41 Å². The molecule has 0 N–H and O–H groups in total. The van der Waals surface area contributed by atoms with Crippen molar-refractivity contribution in [1.82, 2.24) is 0 Å². The van der Waals surface area contributed by atoms with Crippen LogP contribution in [0.5, 0.6) is 0 Å². The van der Waals surface area contributed by atoms with Crippen LogP contribution in [0.1, 0.15) is 40.0 Å². The lowest BCUT2D eigenvalue weighted by Gasteiger charge is -2.17. The van der Waals surface area contributed by atoms with Crippen molar-refractivity contribution in [3.63, 3.8) is 0 Å². The number of halogens is 1. The van der Waals surface area contributed by atoms with E-state index in [2.05, 4.69) is 0 Å². The molecular weight excluding hydrogens is 143 g/mol. The maximum atomic E-state index is 13.1. The van der Waals surface area contributed by atoms with Crippen LogP contribution < -0.4 is 0 Å². The molecule has 0 aromatic heterocycles. The van der Waals surface area contributed by atoms with Crippen molar-refractivity contribution in [2.45, 2.75) is 45.7 Å². The Bertz CT molecular complexity index is 174. The Kier molecular flexibility index (Phi) is 1.81. The van der Waals surface area contributed by atoms with Crippen LogP contribution in [-0.4, -0.2) is 11.5 Å². The second-order valence-corrected chi connectivity index (χ2v) is 4.63. The van der Waals surface area contributed by atoms with Crippen LogP contribution in [0.15, 0.2) is 0 Å². The molecule has 1 fully saturated rings. The first-order valence-corrected chi connectivity index (χ1v) is 4.06. The van der Waals surface area contributed by atoms with Gasteiger partial charge in [-0.3, -0.25) is 4.79 Å². The van der Waals surface area contributed by atoms with Gasteiger partial charge in [0.25, 0.3) is 0 Å². The summed E-state index contributed by atoms with van der Waals surface area (Å²) in [6.07, 6.45) is 1.26. The topological polar surface area (TPSA) is 17.1 Å². The van der Waals surface area contributed by atoms with Crippen LogP contribution in [0.4, 0.5) is 4.39 Å². The lowest BCUT2D eigenvalue weighted by Crippen LogP contribution is -2.22. The summed E-state index contributed by atoms with van der Waals surface area (Å²) in [6, 6.07) is 0. The Hall–Kier alpha value is -0.400. The van der Waals surface area contributed by atoms with Gasteiger partial charge in [-0.15, -0.1) is 0 Å². The molecule has 64 valence electrons. The van der Waals surface area contributed by atoms with Gasteiger partial charge in [0.2, 0.25) is 0 Å². The van der Waals surface area contributed by atoms with E-state index >= 15 is 0 Å². The zero-order chi connectivity index (χ0) is 8.70. The third kappa shape index (κ3) is 2.28. The summed E-state index contributed by atoms with van der Waals surface area (Å²) < 4.78 is 13.1. The molecule has 0 aromatic carbocycles. The van der Waals surface area contributed by atoms with E-state index < -0.39 is 5.67 Å². The Morgan fingerprint density at radius 1 is 1.45 bits per heavy atom. The standard InChI is InChI=1S/C9H15FO/c1-8(2,3)6-7(11)9(10)4-5-9/h4-6H2,1-3H3. The number of ketones is 1. The van der Waals surface area contributed by atoms with Crippen molar-refractivity contribution in [2.75, 3.05) is 0 Å². The normalized spacial score (nSPS) is 21.5. The number of carbonyl (C=O) groups excluding carboxylic acids is 1. The molecule has 0 radical (unpaired) electrons. The Morgan fingerprint density at radius 2 is 1.91 bits per heavy atom. The third-order valence-corrected chi connectivity index (χ3v) is 1.88. The Labute approximate surface area is 67.0 Å². The Morgan fingerprint density at radius 3 is 2.18 bits per heavy atom. The highest BCUT2D eigenvalue weighted by Crippen LogP contribution is 2.43. The van der Waals surface area contributed by atoms with Crippen molar-refractivity contribution in [3.8, 4) is 0 Å². The molecular formula is C9H15FO. The molecule has 1 nitrogen and oxygen atoms in total. The van der Waals surface area contributed by atoms with E-state index in [1.807, 2.05) is 20.8 Å². The highest BCUT2D eigenvalue weighted by Gasteiger charge is 2.50. The number of Topliss-reactive ketones (excluding diaryl/α,β-unsaturated/α-hetero) is 1. The molecule has 0 amide bonds. The van der Waals surface area contributed by atoms with Gasteiger partial charge < -0.3 is 0 Å². The van der Waals surface area contributed by atoms with Gasteiger partial charge in [-0.1, -0.05) is 20.8 Å². The van der Waals surface area contributed by atoms with Crippen LogP contribution in [0, 0.1) is 5.41 Å².